The summed E-state index contributed by atoms with van der Waals surface area (Å²) in [6.45, 7) is 8.73. The third-order valence-electron chi connectivity index (χ3n) is 3.51. The normalized spacial score (nSPS) is 20.5. The second kappa shape index (κ2) is 8.82. The van der Waals surface area contributed by atoms with Gasteiger partial charge in [-0.1, -0.05) is 0 Å². The Hall–Kier alpha value is -0.200. The second-order valence-corrected chi connectivity index (χ2v) is 5.49. The first-order valence-corrected chi connectivity index (χ1v) is 6.95. The van der Waals surface area contributed by atoms with Crippen molar-refractivity contribution in [1.29, 1.82) is 0 Å². The summed E-state index contributed by atoms with van der Waals surface area (Å²) < 4.78 is 5.06. The summed E-state index contributed by atoms with van der Waals surface area (Å²) >= 11 is 0. The van der Waals surface area contributed by atoms with E-state index < -0.39 is 0 Å². The van der Waals surface area contributed by atoms with Crippen molar-refractivity contribution in [3.8, 4) is 0 Å². The third kappa shape index (κ3) is 6.66. The lowest BCUT2D eigenvalue weighted by Gasteiger charge is -2.36. The molecule has 5 nitrogen and oxygen atoms in total. The lowest BCUT2D eigenvalue weighted by atomic mass is 10.2. The average Bonchev–Trinajstić information content (AvgIpc) is 2.35. The molecule has 0 aromatic carbocycles. The molecule has 108 valence electrons. The fraction of sp³-hybridized carbons (Fsp3) is 1.00. The zero-order chi connectivity index (χ0) is 13.4. The van der Waals surface area contributed by atoms with Crippen LogP contribution in [0.25, 0.3) is 0 Å². The Morgan fingerprint density at radius 1 is 1.17 bits per heavy atom. The van der Waals surface area contributed by atoms with Gasteiger partial charge in [0.2, 0.25) is 0 Å². The first-order valence-electron chi connectivity index (χ1n) is 6.95. The largest absolute Gasteiger partial charge is 0.385 e. The van der Waals surface area contributed by atoms with Crippen molar-refractivity contribution in [3.63, 3.8) is 0 Å². The van der Waals surface area contributed by atoms with Gasteiger partial charge in [-0.3, -0.25) is 9.80 Å². The Balaban J connectivity index is 2.11. The highest BCUT2D eigenvalue weighted by atomic mass is 16.5. The van der Waals surface area contributed by atoms with E-state index in [1.807, 2.05) is 0 Å². The van der Waals surface area contributed by atoms with Crippen LogP contribution in [0, 0.1) is 0 Å². The van der Waals surface area contributed by atoms with E-state index in [0.29, 0.717) is 0 Å². The smallest absolute Gasteiger partial charge is 0.0477 e. The first-order chi connectivity index (χ1) is 8.61. The Labute approximate surface area is 112 Å². The maximum absolute atomic E-state index is 6.08. The molecule has 1 heterocycles. The van der Waals surface area contributed by atoms with E-state index in [0.717, 1.165) is 39.2 Å². The lowest BCUT2D eigenvalue weighted by molar-refractivity contribution is 0.114. The van der Waals surface area contributed by atoms with Gasteiger partial charge < -0.3 is 15.4 Å². The summed E-state index contributed by atoms with van der Waals surface area (Å²) in [5, 5.41) is 0. The zero-order valence-electron chi connectivity index (χ0n) is 12.3. The molecule has 1 fully saturated rings. The highest BCUT2D eigenvalue weighted by Crippen LogP contribution is 2.03. The lowest BCUT2D eigenvalue weighted by Crippen LogP contribution is -2.51. The SMILES string of the molecule is COCCC(N)CN1CCN(CCN(C)C)CC1. The van der Waals surface area contributed by atoms with Crippen LogP contribution < -0.4 is 5.73 Å². The van der Waals surface area contributed by atoms with E-state index in [2.05, 4.69) is 28.8 Å². The number of nitrogens with zero attached hydrogens (tertiary/aromatic N) is 3. The molecule has 0 saturated carbocycles. The van der Waals surface area contributed by atoms with Gasteiger partial charge in [0.25, 0.3) is 0 Å². The molecule has 0 radical (unpaired) electrons. The van der Waals surface area contributed by atoms with Crippen LogP contribution in [0.1, 0.15) is 6.42 Å². The molecule has 5 heteroatoms. The molecular formula is C13H30N4O. The Kier molecular flexibility index (Phi) is 7.77. The molecule has 0 aromatic heterocycles. The molecule has 1 atom stereocenters. The van der Waals surface area contributed by atoms with Crippen LogP contribution in [0.4, 0.5) is 0 Å². The Morgan fingerprint density at radius 2 is 1.78 bits per heavy atom. The summed E-state index contributed by atoms with van der Waals surface area (Å²) in [4.78, 5) is 7.26. The van der Waals surface area contributed by atoms with Crippen LogP contribution in [0.5, 0.6) is 0 Å². The average molecular weight is 258 g/mol. The predicted molar refractivity (Wildman–Crippen MR) is 75.9 cm³/mol. The van der Waals surface area contributed by atoms with E-state index in [4.69, 9.17) is 10.5 Å². The van der Waals surface area contributed by atoms with Gasteiger partial charge in [0.15, 0.2) is 0 Å². The van der Waals surface area contributed by atoms with Gasteiger partial charge in [-0.15, -0.1) is 0 Å². The van der Waals surface area contributed by atoms with Crippen LogP contribution >= 0.6 is 0 Å². The number of methoxy groups -OCH3 is 1. The fourth-order valence-electron chi connectivity index (χ4n) is 2.23. The molecule has 1 aliphatic rings. The van der Waals surface area contributed by atoms with Crippen molar-refractivity contribution in [2.24, 2.45) is 5.73 Å². The van der Waals surface area contributed by atoms with Gasteiger partial charge in [-0.25, -0.2) is 0 Å². The number of likely N-dealkylation sites (N-methyl/N-ethyl adjacent to an activating group) is 1. The van der Waals surface area contributed by atoms with Crippen molar-refractivity contribution in [2.75, 3.05) is 73.6 Å². The van der Waals surface area contributed by atoms with Crippen LogP contribution in [-0.2, 0) is 4.74 Å². The van der Waals surface area contributed by atoms with E-state index in [1.165, 1.54) is 19.6 Å². The zero-order valence-corrected chi connectivity index (χ0v) is 12.3. The van der Waals surface area contributed by atoms with Crippen LogP contribution in [0.3, 0.4) is 0 Å². The number of hydrogen-bond donors (Lipinski definition) is 1. The van der Waals surface area contributed by atoms with Gasteiger partial charge in [0.1, 0.15) is 0 Å². The molecule has 18 heavy (non-hydrogen) atoms. The molecular weight excluding hydrogens is 228 g/mol. The van der Waals surface area contributed by atoms with Crippen LogP contribution in [0.15, 0.2) is 0 Å². The van der Waals surface area contributed by atoms with Gasteiger partial charge >= 0.3 is 0 Å². The van der Waals surface area contributed by atoms with Crippen molar-refractivity contribution in [3.05, 3.63) is 0 Å². The van der Waals surface area contributed by atoms with Gasteiger partial charge in [-0.2, -0.15) is 0 Å². The van der Waals surface area contributed by atoms with Crippen molar-refractivity contribution in [1.82, 2.24) is 14.7 Å². The molecule has 2 N–H and O–H groups in total. The van der Waals surface area contributed by atoms with Crippen LogP contribution in [0.2, 0.25) is 0 Å². The molecule has 0 spiro atoms. The monoisotopic (exact) mass is 258 g/mol. The minimum absolute atomic E-state index is 0.248. The second-order valence-electron chi connectivity index (χ2n) is 5.49. The van der Waals surface area contributed by atoms with Crippen molar-refractivity contribution < 1.29 is 4.74 Å². The standard InChI is InChI=1S/C13H30N4O/c1-15(2)5-6-16-7-9-17(10-8-16)12-13(14)4-11-18-3/h13H,4-12,14H2,1-3H3. The quantitative estimate of drug-likeness (QED) is 0.638. The van der Waals surface area contributed by atoms with Gasteiger partial charge in [-0.05, 0) is 20.5 Å². The number of hydrogen-bond acceptors (Lipinski definition) is 5. The third-order valence-corrected chi connectivity index (χ3v) is 3.51. The Morgan fingerprint density at radius 3 is 2.33 bits per heavy atom. The molecule has 1 unspecified atom stereocenters. The highest BCUT2D eigenvalue weighted by molar-refractivity contribution is 4.76. The summed E-state index contributed by atoms with van der Waals surface area (Å²) in [6, 6.07) is 0.248. The molecule has 1 aliphatic heterocycles. The molecule has 0 amide bonds. The summed E-state index contributed by atoms with van der Waals surface area (Å²) in [5.74, 6) is 0. The minimum atomic E-state index is 0.248. The molecule has 0 aliphatic carbocycles. The van der Waals surface area contributed by atoms with Crippen molar-refractivity contribution in [2.45, 2.75) is 12.5 Å². The number of ether oxygens (including phenoxy) is 1. The van der Waals surface area contributed by atoms with E-state index in [-0.39, 0.29) is 6.04 Å². The predicted octanol–water partition coefficient (Wildman–Crippen LogP) is -0.471. The maximum Gasteiger partial charge on any atom is 0.0477 e. The van der Waals surface area contributed by atoms with E-state index in [9.17, 15) is 0 Å². The maximum atomic E-state index is 6.08. The van der Waals surface area contributed by atoms with Crippen LogP contribution in [-0.4, -0.2) is 94.4 Å². The highest BCUT2D eigenvalue weighted by Gasteiger charge is 2.18. The van der Waals surface area contributed by atoms with E-state index in [1.54, 1.807) is 7.11 Å². The first kappa shape index (κ1) is 15.9. The fourth-order valence-corrected chi connectivity index (χ4v) is 2.23. The minimum Gasteiger partial charge on any atom is -0.385 e. The van der Waals surface area contributed by atoms with Crippen molar-refractivity contribution >= 4 is 0 Å². The molecule has 0 bridgehead atoms. The topological polar surface area (TPSA) is 45.0 Å². The number of piperazine rings is 1. The molecule has 1 saturated heterocycles. The summed E-state index contributed by atoms with van der Waals surface area (Å²) in [7, 11) is 5.99. The molecule has 1 rings (SSSR count). The molecule has 0 aromatic rings. The number of nitrogens with two attached hydrogens (primary N) is 1. The summed E-state index contributed by atoms with van der Waals surface area (Å²) in [6.07, 6.45) is 0.956. The summed E-state index contributed by atoms with van der Waals surface area (Å²) in [5.41, 5.74) is 6.08. The van der Waals surface area contributed by atoms with E-state index >= 15 is 0 Å². The van der Waals surface area contributed by atoms with Gasteiger partial charge in [0.05, 0.1) is 0 Å². The number of rotatable bonds is 8. The Bertz CT molecular complexity index is 205. The van der Waals surface area contributed by atoms with Gasteiger partial charge in [0, 0.05) is 65.6 Å².